The second-order valence-electron chi connectivity index (χ2n) is 13.4. The summed E-state index contributed by atoms with van der Waals surface area (Å²) in [5, 5.41) is 0.870. The molecular formula is C33H42Cl2F4N2O4S. The van der Waals surface area contributed by atoms with Crippen LogP contribution in [-0.2, 0) is 16.3 Å². The van der Waals surface area contributed by atoms with Crippen molar-refractivity contribution in [3.05, 3.63) is 69.0 Å². The Morgan fingerprint density at radius 2 is 1.61 bits per heavy atom. The van der Waals surface area contributed by atoms with E-state index in [0.717, 1.165) is 35.0 Å². The van der Waals surface area contributed by atoms with E-state index in [1.165, 1.54) is 75.9 Å². The molecule has 2 aromatic rings. The summed E-state index contributed by atoms with van der Waals surface area (Å²) in [6.07, 6.45) is 7.31. The average Bonchev–Trinajstić information content (AvgIpc) is 3.00. The zero-order valence-corrected chi connectivity index (χ0v) is 28.6. The second-order valence-corrected chi connectivity index (χ2v) is 15.6. The monoisotopic (exact) mass is 708 g/mol. The van der Waals surface area contributed by atoms with Crippen LogP contribution < -0.4 is 0 Å². The summed E-state index contributed by atoms with van der Waals surface area (Å²) in [6.45, 7) is 4.84. The van der Waals surface area contributed by atoms with Crippen LogP contribution in [0.2, 0.25) is 10.0 Å². The van der Waals surface area contributed by atoms with Crippen LogP contribution in [0.5, 0.6) is 0 Å². The summed E-state index contributed by atoms with van der Waals surface area (Å²) in [7, 11) is -2.34. The number of benzene rings is 2. The van der Waals surface area contributed by atoms with Crippen LogP contribution in [0.4, 0.5) is 17.6 Å². The van der Waals surface area contributed by atoms with Crippen molar-refractivity contribution in [2.75, 3.05) is 46.0 Å². The molecule has 0 aromatic heterocycles. The molecule has 1 aliphatic carbocycles. The molecule has 0 radical (unpaired) electrons. The quantitative estimate of drug-likeness (QED) is 0.158. The highest BCUT2D eigenvalue weighted by atomic mass is 35.5. The number of amides is 1. The maximum Gasteiger partial charge on any atom is 0.419 e. The largest absolute Gasteiger partial charge is 0.748 e. The van der Waals surface area contributed by atoms with Gasteiger partial charge in [0.05, 0.1) is 51.9 Å². The molecule has 1 amide bonds. The molecule has 3 saturated heterocycles. The maximum atomic E-state index is 13.8. The molecule has 6 nitrogen and oxygen atoms in total. The summed E-state index contributed by atoms with van der Waals surface area (Å²) in [6, 6.07) is 7.90. The van der Waals surface area contributed by atoms with Crippen molar-refractivity contribution in [1.82, 2.24) is 4.90 Å². The lowest BCUT2D eigenvalue weighted by Crippen LogP contribution is -2.63. The molecule has 46 heavy (non-hydrogen) atoms. The third-order valence-electron chi connectivity index (χ3n) is 10.4. The van der Waals surface area contributed by atoms with Crippen molar-refractivity contribution in [3.8, 4) is 0 Å². The van der Waals surface area contributed by atoms with Crippen LogP contribution in [0.1, 0.15) is 85.2 Å². The normalized spacial score (nSPS) is 24.2. The molecule has 2 aromatic carbocycles. The molecule has 0 unspecified atom stereocenters. The minimum Gasteiger partial charge on any atom is -0.748 e. The smallest absolute Gasteiger partial charge is 0.419 e. The summed E-state index contributed by atoms with van der Waals surface area (Å²) in [4.78, 5) is 14.7. The Bertz CT molecular complexity index is 1470. The number of fused-ring (bicyclic) bond motifs is 3. The first-order valence-corrected chi connectivity index (χ1v) is 18.3. The van der Waals surface area contributed by atoms with Crippen LogP contribution in [0.15, 0.2) is 36.4 Å². The summed E-state index contributed by atoms with van der Waals surface area (Å²) < 4.78 is 82.0. The van der Waals surface area contributed by atoms with Crippen molar-refractivity contribution < 1.29 is 39.8 Å². The number of carbonyl (C=O) groups excluding carboxylic acids is 1. The Morgan fingerprint density at radius 1 is 1.02 bits per heavy atom. The van der Waals surface area contributed by atoms with Crippen molar-refractivity contribution >= 4 is 39.2 Å². The predicted octanol–water partition coefficient (Wildman–Crippen LogP) is 8.14. The Hall–Kier alpha value is -1.92. The standard InChI is InChI=1S/C32H39Cl2F4N2O.CH4O3S/c1-39(30(41)23-8-10-29(35)26(19-23)32(36,37)38)21-24(22-7-9-27(33)28(34)20-22)11-15-40-16-12-31(13-17-40,14-18-40)25-5-3-2-4-6-25;1-5(2,3)4/h7-10,19-20,24-25H,2-6,11-18,21H2,1H3;1H3,(H,2,3,4)/q+1;/p-1/t24-,31?,40?;/m1./s1. The van der Waals surface area contributed by atoms with Crippen molar-refractivity contribution in [2.45, 2.75) is 69.9 Å². The van der Waals surface area contributed by atoms with Gasteiger partial charge in [0.2, 0.25) is 0 Å². The Kier molecular flexibility index (Phi) is 11.8. The zero-order chi connectivity index (χ0) is 33.9. The molecule has 0 spiro atoms. The van der Waals surface area contributed by atoms with E-state index >= 15 is 0 Å². The van der Waals surface area contributed by atoms with E-state index < -0.39 is 33.6 Å². The van der Waals surface area contributed by atoms with E-state index in [0.29, 0.717) is 40.4 Å². The van der Waals surface area contributed by atoms with E-state index in [2.05, 4.69) is 0 Å². The Balaban J connectivity index is 0.000000892. The van der Waals surface area contributed by atoms with Crippen LogP contribution >= 0.6 is 23.2 Å². The highest BCUT2D eigenvalue weighted by Crippen LogP contribution is 2.53. The number of nitrogens with zero attached hydrogens (tertiary/aromatic N) is 2. The minimum atomic E-state index is -4.88. The zero-order valence-electron chi connectivity index (χ0n) is 26.2. The number of carbonyl (C=O) groups is 1. The fourth-order valence-electron chi connectivity index (χ4n) is 7.82. The van der Waals surface area contributed by atoms with Crippen LogP contribution in [-0.4, -0.2) is 74.3 Å². The molecule has 6 rings (SSSR count). The number of piperidine rings is 3. The molecule has 256 valence electrons. The van der Waals surface area contributed by atoms with E-state index in [-0.39, 0.29) is 11.5 Å². The summed E-state index contributed by atoms with van der Waals surface area (Å²) >= 11 is 12.6. The van der Waals surface area contributed by atoms with Gasteiger partial charge >= 0.3 is 6.18 Å². The highest BCUT2D eigenvalue weighted by molar-refractivity contribution is 7.84. The fraction of sp³-hybridized carbons (Fsp3) is 0.606. The summed E-state index contributed by atoms with van der Waals surface area (Å²) in [5.41, 5.74) is -0.159. The molecule has 3 aliphatic heterocycles. The average molecular weight is 710 g/mol. The van der Waals surface area contributed by atoms with E-state index in [1.807, 2.05) is 12.1 Å². The van der Waals surface area contributed by atoms with Crippen LogP contribution in [0, 0.1) is 17.2 Å². The van der Waals surface area contributed by atoms with Gasteiger partial charge in [0.1, 0.15) is 5.82 Å². The number of quaternary nitrogens is 1. The molecule has 13 heteroatoms. The van der Waals surface area contributed by atoms with Gasteiger partial charge in [0, 0.05) is 57.0 Å². The third kappa shape index (κ3) is 9.36. The van der Waals surface area contributed by atoms with E-state index in [4.69, 9.17) is 36.2 Å². The van der Waals surface area contributed by atoms with Gasteiger partial charge in [0.25, 0.3) is 5.91 Å². The SMILES string of the molecule is CN(C[C@@H](CC[N+]12CCC(C3CCCCC3)(CC1)CC2)c1ccc(Cl)c(Cl)c1)C(=O)c1ccc(F)c(C(F)(F)F)c1.CS(=O)(=O)[O-]. The topological polar surface area (TPSA) is 77.5 Å². The highest BCUT2D eigenvalue weighted by Gasteiger charge is 2.52. The van der Waals surface area contributed by atoms with Gasteiger partial charge in [-0.05, 0) is 60.1 Å². The fourth-order valence-corrected chi connectivity index (χ4v) is 8.13. The maximum absolute atomic E-state index is 13.8. The molecule has 1 atom stereocenters. The van der Waals surface area contributed by atoms with Gasteiger partial charge in [-0.1, -0.05) is 48.5 Å². The van der Waals surface area contributed by atoms with Crippen LogP contribution in [0.25, 0.3) is 0 Å². The van der Waals surface area contributed by atoms with Gasteiger partial charge in [-0.2, -0.15) is 13.2 Å². The summed E-state index contributed by atoms with van der Waals surface area (Å²) in [5.74, 6) is -1.18. The first kappa shape index (κ1) is 36.9. The molecule has 4 fully saturated rings. The molecule has 0 N–H and O–H groups in total. The lowest BCUT2D eigenvalue weighted by atomic mass is 9.59. The lowest BCUT2D eigenvalue weighted by molar-refractivity contribution is -0.946. The minimum absolute atomic E-state index is 0.0827. The number of rotatable bonds is 8. The van der Waals surface area contributed by atoms with E-state index in [1.54, 1.807) is 13.1 Å². The molecule has 4 aliphatic rings. The van der Waals surface area contributed by atoms with Gasteiger partial charge in [-0.3, -0.25) is 4.79 Å². The molecule has 3 heterocycles. The van der Waals surface area contributed by atoms with Crippen LogP contribution in [0.3, 0.4) is 0 Å². The van der Waals surface area contributed by atoms with Gasteiger partial charge in [-0.25, -0.2) is 12.8 Å². The molecule has 2 bridgehead atoms. The lowest BCUT2D eigenvalue weighted by Gasteiger charge is -2.58. The van der Waals surface area contributed by atoms with Crippen molar-refractivity contribution in [3.63, 3.8) is 0 Å². The third-order valence-corrected chi connectivity index (χ3v) is 11.2. The van der Waals surface area contributed by atoms with Crippen molar-refractivity contribution in [2.24, 2.45) is 11.3 Å². The number of hydrogen-bond donors (Lipinski definition) is 0. The first-order chi connectivity index (χ1) is 21.4. The first-order valence-electron chi connectivity index (χ1n) is 15.7. The predicted molar refractivity (Wildman–Crippen MR) is 170 cm³/mol. The second kappa shape index (κ2) is 14.7. The number of halogens is 6. The number of likely N-dealkylation sites (N-methyl/N-ethyl adjacent to an activating group) is 1. The van der Waals surface area contributed by atoms with Crippen molar-refractivity contribution in [1.29, 1.82) is 0 Å². The van der Waals surface area contributed by atoms with E-state index in [9.17, 15) is 22.4 Å². The number of alkyl halides is 3. The van der Waals surface area contributed by atoms with Gasteiger partial charge < -0.3 is 13.9 Å². The van der Waals surface area contributed by atoms with Gasteiger partial charge in [0.15, 0.2) is 0 Å². The number of hydrogen-bond acceptors (Lipinski definition) is 4. The molecular weight excluding hydrogens is 667 g/mol. The van der Waals surface area contributed by atoms with Gasteiger partial charge in [-0.15, -0.1) is 0 Å². The molecule has 1 saturated carbocycles. The Morgan fingerprint density at radius 3 is 2.15 bits per heavy atom. The Labute approximate surface area is 279 Å².